The van der Waals surface area contributed by atoms with E-state index in [4.69, 9.17) is 5.73 Å². The van der Waals surface area contributed by atoms with E-state index >= 15 is 0 Å². The molecule has 3 amide bonds. The maximum Gasteiger partial charge on any atom is 0.262 e. The third-order valence-electron chi connectivity index (χ3n) is 4.52. The number of carbonyl (C=O) groups is 3. The van der Waals surface area contributed by atoms with Crippen molar-refractivity contribution in [1.82, 2.24) is 9.80 Å². The Bertz CT molecular complexity index is 642. The molecule has 1 fully saturated rings. The fourth-order valence-corrected chi connectivity index (χ4v) is 3.33. The number of nitrogens with two attached hydrogens (primary N) is 1. The molecule has 1 unspecified atom stereocenters. The highest BCUT2D eigenvalue weighted by atomic mass is 35.5. The van der Waals surface area contributed by atoms with Gasteiger partial charge in [-0.1, -0.05) is 26.0 Å². The van der Waals surface area contributed by atoms with Crippen LogP contribution in [-0.4, -0.2) is 52.7 Å². The van der Waals surface area contributed by atoms with E-state index in [0.29, 0.717) is 24.2 Å². The molecule has 2 aliphatic rings. The Kier molecular flexibility index (Phi) is 5.30. The van der Waals surface area contributed by atoms with Crippen LogP contribution in [0.15, 0.2) is 24.3 Å². The van der Waals surface area contributed by atoms with Crippen molar-refractivity contribution in [2.24, 2.45) is 11.7 Å². The summed E-state index contributed by atoms with van der Waals surface area (Å²) in [5, 5.41) is 0. The molecule has 130 valence electrons. The molecule has 0 spiro atoms. The summed E-state index contributed by atoms with van der Waals surface area (Å²) in [4.78, 5) is 41.0. The molecule has 2 N–H and O–H groups in total. The maximum atomic E-state index is 12.9. The molecule has 1 aromatic rings. The number of rotatable bonds is 3. The Balaban J connectivity index is 0.00000208. The van der Waals surface area contributed by atoms with Crippen LogP contribution >= 0.6 is 12.4 Å². The number of halogens is 1. The minimum absolute atomic E-state index is 0. The number of imide groups is 1. The number of benzene rings is 1. The highest BCUT2D eigenvalue weighted by Crippen LogP contribution is 2.28. The number of likely N-dealkylation sites (tertiary alicyclic amines) is 1. The van der Waals surface area contributed by atoms with Gasteiger partial charge in [-0.25, -0.2) is 0 Å². The highest BCUT2D eigenvalue weighted by molar-refractivity contribution is 6.22. The summed E-state index contributed by atoms with van der Waals surface area (Å²) in [5.74, 6) is -1.13. The van der Waals surface area contributed by atoms with Gasteiger partial charge in [0.1, 0.15) is 6.04 Å². The smallest absolute Gasteiger partial charge is 0.262 e. The van der Waals surface area contributed by atoms with Crippen LogP contribution in [0.25, 0.3) is 0 Å². The SMILES string of the molecule is CC(C)C(C(=O)N1CC[C@@H](N)C1)N1C(=O)c2ccccc2C1=O.Cl. The van der Waals surface area contributed by atoms with E-state index in [-0.39, 0.29) is 42.1 Å². The number of hydrogen-bond donors (Lipinski definition) is 1. The standard InChI is InChI=1S/C17H21N3O3.ClH/c1-10(2)14(17(23)19-8-7-11(18)9-19)20-15(21)12-5-3-4-6-13(12)16(20)22;/h3-6,10-11,14H,7-9,18H2,1-2H3;1H/t11-,14?;/m1./s1. The predicted molar refractivity (Wildman–Crippen MR) is 92.0 cm³/mol. The first kappa shape index (κ1) is 18.4. The number of carbonyl (C=O) groups excluding carboxylic acids is 3. The number of hydrogen-bond acceptors (Lipinski definition) is 4. The van der Waals surface area contributed by atoms with Crippen molar-refractivity contribution in [3.63, 3.8) is 0 Å². The van der Waals surface area contributed by atoms with Gasteiger partial charge in [-0.3, -0.25) is 19.3 Å². The zero-order chi connectivity index (χ0) is 16.7. The molecule has 0 aliphatic carbocycles. The van der Waals surface area contributed by atoms with Crippen LogP contribution in [-0.2, 0) is 4.79 Å². The van der Waals surface area contributed by atoms with E-state index in [1.165, 1.54) is 0 Å². The van der Waals surface area contributed by atoms with E-state index in [9.17, 15) is 14.4 Å². The van der Waals surface area contributed by atoms with Crippen LogP contribution in [0.2, 0.25) is 0 Å². The topological polar surface area (TPSA) is 83.7 Å². The van der Waals surface area contributed by atoms with Crippen molar-refractivity contribution in [3.05, 3.63) is 35.4 Å². The summed E-state index contributed by atoms with van der Waals surface area (Å²) in [7, 11) is 0. The average Bonchev–Trinajstić information content (AvgIpc) is 3.05. The van der Waals surface area contributed by atoms with Crippen LogP contribution < -0.4 is 5.73 Å². The summed E-state index contributed by atoms with van der Waals surface area (Å²) in [6.45, 7) is 4.75. The van der Waals surface area contributed by atoms with Crippen LogP contribution in [0.5, 0.6) is 0 Å². The van der Waals surface area contributed by atoms with Gasteiger partial charge < -0.3 is 10.6 Å². The molecule has 2 aliphatic heterocycles. The minimum atomic E-state index is -0.785. The molecule has 0 aromatic heterocycles. The van der Waals surface area contributed by atoms with Crippen molar-refractivity contribution in [2.45, 2.75) is 32.4 Å². The summed E-state index contributed by atoms with van der Waals surface area (Å²) < 4.78 is 0. The molecule has 1 aromatic carbocycles. The van der Waals surface area contributed by atoms with Crippen molar-refractivity contribution in [1.29, 1.82) is 0 Å². The first-order valence-electron chi connectivity index (χ1n) is 7.93. The predicted octanol–water partition coefficient (Wildman–Crippen LogP) is 1.29. The van der Waals surface area contributed by atoms with Gasteiger partial charge in [0.2, 0.25) is 5.91 Å². The summed E-state index contributed by atoms with van der Waals surface area (Å²) in [5.41, 5.74) is 6.61. The molecule has 0 radical (unpaired) electrons. The van der Waals surface area contributed by atoms with Crippen LogP contribution in [0, 0.1) is 5.92 Å². The fourth-order valence-electron chi connectivity index (χ4n) is 3.33. The number of nitrogens with zero attached hydrogens (tertiary/aromatic N) is 2. The average molecular weight is 352 g/mol. The molecule has 0 saturated carbocycles. The quantitative estimate of drug-likeness (QED) is 0.832. The Labute approximate surface area is 147 Å². The van der Waals surface area contributed by atoms with Gasteiger partial charge in [-0.05, 0) is 24.5 Å². The molecule has 2 heterocycles. The van der Waals surface area contributed by atoms with Crippen LogP contribution in [0.4, 0.5) is 0 Å². The zero-order valence-electron chi connectivity index (χ0n) is 13.8. The lowest BCUT2D eigenvalue weighted by Gasteiger charge is -2.31. The van der Waals surface area contributed by atoms with Crippen LogP contribution in [0.3, 0.4) is 0 Å². The Morgan fingerprint density at radius 2 is 1.71 bits per heavy atom. The second-order valence-corrected chi connectivity index (χ2v) is 6.55. The van der Waals surface area contributed by atoms with E-state index < -0.39 is 6.04 Å². The summed E-state index contributed by atoms with van der Waals surface area (Å²) in [6, 6.07) is 5.88. The lowest BCUT2D eigenvalue weighted by atomic mass is 10.0. The van der Waals surface area contributed by atoms with Gasteiger partial charge in [-0.2, -0.15) is 0 Å². The second-order valence-electron chi connectivity index (χ2n) is 6.55. The van der Waals surface area contributed by atoms with E-state index in [1.807, 2.05) is 13.8 Å². The molecule has 2 atom stereocenters. The lowest BCUT2D eigenvalue weighted by molar-refractivity contribution is -0.135. The molecule has 0 bridgehead atoms. The van der Waals surface area contributed by atoms with Gasteiger partial charge >= 0.3 is 0 Å². The van der Waals surface area contributed by atoms with Crippen molar-refractivity contribution < 1.29 is 14.4 Å². The second kappa shape index (κ2) is 6.91. The first-order chi connectivity index (χ1) is 10.9. The van der Waals surface area contributed by atoms with Gasteiger partial charge in [0.15, 0.2) is 0 Å². The van der Waals surface area contributed by atoms with Gasteiger partial charge in [-0.15, -0.1) is 12.4 Å². The first-order valence-corrected chi connectivity index (χ1v) is 7.93. The zero-order valence-corrected chi connectivity index (χ0v) is 14.6. The minimum Gasteiger partial charge on any atom is -0.339 e. The normalized spacial score (nSPS) is 21.1. The molecule has 3 rings (SSSR count). The molecule has 6 nitrogen and oxygen atoms in total. The molecule has 1 saturated heterocycles. The van der Waals surface area contributed by atoms with E-state index in [1.54, 1.807) is 29.2 Å². The molecular formula is C17H22ClN3O3. The highest BCUT2D eigenvalue weighted by Gasteiger charge is 2.45. The van der Waals surface area contributed by atoms with Gasteiger partial charge in [0, 0.05) is 19.1 Å². The third-order valence-corrected chi connectivity index (χ3v) is 4.52. The Hall–Kier alpha value is -1.92. The van der Waals surface area contributed by atoms with E-state index in [0.717, 1.165) is 11.3 Å². The van der Waals surface area contributed by atoms with Crippen molar-refractivity contribution >= 4 is 30.1 Å². The fraction of sp³-hybridized carbons (Fsp3) is 0.471. The largest absolute Gasteiger partial charge is 0.339 e. The molecule has 7 heteroatoms. The number of fused-ring (bicyclic) bond motifs is 1. The number of amides is 3. The van der Waals surface area contributed by atoms with Crippen molar-refractivity contribution in [3.8, 4) is 0 Å². The monoisotopic (exact) mass is 351 g/mol. The maximum absolute atomic E-state index is 12.9. The van der Waals surface area contributed by atoms with Crippen LogP contribution in [0.1, 0.15) is 41.0 Å². The Morgan fingerprint density at radius 1 is 1.17 bits per heavy atom. The van der Waals surface area contributed by atoms with E-state index in [2.05, 4.69) is 0 Å². The van der Waals surface area contributed by atoms with Gasteiger partial charge in [0.25, 0.3) is 11.8 Å². The molecule has 24 heavy (non-hydrogen) atoms. The lowest BCUT2D eigenvalue weighted by Crippen LogP contribution is -2.53. The van der Waals surface area contributed by atoms with Gasteiger partial charge in [0.05, 0.1) is 11.1 Å². The van der Waals surface area contributed by atoms with Crippen molar-refractivity contribution in [2.75, 3.05) is 13.1 Å². The summed E-state index contributed by atoms with van der Waals surface area (Å²) in [6.07, 6.45) is 0.749. The summed E-state index contributed by atoms with van der Waals surface area (Å²) >= 11 is 0. The molecular weight excluding hydrogens is 330 g/mol. The Morgan fingerprint density at radius 3 is 2.12 bits per heavy atom. The third kappa shape index (κ3) is 2.91.